The van der Waals surface area contributed by atoms with Crippen LogP contribution in [0.1, 0.15) is 47.6 Å². The van der Waals surface area contributed by atoms with Gasteiger partial charge in [0.25, 0.3) is 0 Å². The molecule has 33 heavy (non-hydrogen) atoms. The summed E-state index contributed by atoms with van der Waals surface area (Å²) in [6.45, 7) is 4.82. The van der Waals surface area contributed by atoms with Gasteiger partial charge in [-0.3, -0.25) is 9.78 Å². The summed E-state index contributed by atoms with van der Waals surface area (Å²) in [6.07, 6.45) is 2.78. The van der Waals surface area contributed by atoms with E-state index in [2.05, 4.69) is 39.7 Å². The third kappa shape index (κ3) is 4.61. The summed E-state index contributed by atoms with van der Waals surface area (Å²) in [7, 11) is 1.41. The number of hydrogen-bond acceptors (Lipinski definition) is 4. The number of carbonyl (C=O) groups excluding carboxylic acids is 1. The molecular weight excluding hydrogens is 456 g/mol. The SMILES string of the molecule is COC(=O)CCCN1C(=S)N[C@@H](c2ccccn2)[C@@H]1c1cc(C)n(-c2ccccc2Cl)c1C. The molecule has 0 radical (unpaired) electrons. The van der Waals surface area contributed by atoms with Gasteiger partial charge in [-0.2, -0.15) is 0 Å². The van der Waals surface area contributed by atoms with Crippen molar-refractivity contribution in [2.45, 2.75) is 38.8 Å². The van der Waals surface area contributed by atoms with Crippen molar-refractivity contribution in [2.75, 3.05) is 13.7 Å². The highest BCUT2D eigenvalue weighted by atomic mass is 35.5. The second-order valence-electron chi connectivity index (χ2n) is 8.11. The summed E-state index contributed by atoms with van der Waals surface area (Å²) < 4.78 is 6.99. The summed E-state index contributed by atoms with van der Waals surface area (Å²) in [5.74, 6) is -0.220. The first kappa shape index (κ1) is 23.3. The van der Waals surface area contributed by atoms with Gasteiger partial charge in [-0.15, -0.1) is 0 Å². The van der Waals surface area contributed by atoms with Crippen LogP contribution in [0.3, 0.4) is 0 Å². The van der Waals surface area contributed by atoms with Gasteiger partial charge in [0.1, 0.15) is 0 Å². The number of rotatable bonds is 7. The highest BCUT2D eigenvalue weighted by molar-refractivity contribution is 7.80. The van der Waals surface area contributed by atoms with Gasteiger partial charge in [0, 0.05) is 30.6 Å². The first-order valence-electron chi connectivity index (χ1n) is 10.9. The maximum atomic E-state index is 11.7. The molecule has 0 amide bonds. The predicted octanol–water partition coefficient (Wildman–Crippen LogP) is 5.07. The van der Waals surface area contributed by atoms with Gasteiger partial charge in [-0.25, -0.2) is 0 Å². The van der Waals surface area contributed by atoms with Gasteiger partial charge in [0.15, 0.2) is 5.11 Å². The zero-order valence-corrected chi connectivity index (χ0v) is 20.5. The Bertz CT molecular complexity index is 1160. The van der Waals surface area contributed by atoms with Crippen LogP contribution in [0.25, 0.3) is 5.69 Å². The number of aryl methyl sites for hydroxylation is 1. The Hall–Kier alpha value is -2.90. The van der Waals surface area contributed by atoms with Crippen molar-refractivity contribution in [3.05, 3.63) is 82.4 Å². The van der Waals surface area contributed by atoms with Crippen molar-refractivity contribution < 1.29 is 9.53 Å². The number of thiocarbonyl (C=S) groups is 1. The molecule has 1 saturated heterocycles. The van der Waals surface area contributed by atoms with Crippen LogP contribution in [0.15, 0.2) is 54.7 Å². The van der Waals surface area contributed by atoms with E-state index in [4.69, 9.17) is 28.6 Å². The molecule has 2 aromatic heterocycles. The number of benzene rings is 1. The van der Waals surface area contributed by atoms with Crippen LogP contribution in [0.5, 0.6) is 0 Å². The van der Waals surface area contributed by atoms with Crippen LogP contribution in [0, 0.1) is 13.8 Å². The number of halogens is 1. The van der Waals surface area contributed by atoms with Crippen molar-refractivity contribution in [1.29, 1.82) is 0 Å². The smallest absolute Gasteiger partial charge is 0.305 e. The monoisotopic (exact) mass is 482 g/mol. The number of ether oxygens (including phenoxy) is 1. The summed E-state index contributed by atoms with van der Waals surface area (Å²) in [5.41, 5.74) is 5.19. The molecule has 4 rings (SSSR count). The Kier molecular flexibility index (Phi) is 7.00. The third-order valence-corrected chi connectivity index (χ3v) is 6.76. The lowest BCUT2D eigenvalue weighted by molar-refractivity contribution is -0.140. The Balaban J connectivity index is 1.76. The van der Waals surface area contributed by atoms with Crippen molar-refractivity contribution in [2.24, 2.45) is 0 Å². The molecular formula is C25H27ClN4O2S. The second-order valence-corrected chi connectivity index (χ2v) is 8.91. The van der Waals surface area contributed by atoms with Crippen LogP contribution in [0.4, 0.5) is 0 Å². The molecule has 0 unspecified atom stereocenters. The van der Waals surface area contributed by atoms with E-state index < -0.39 is 0 Å². The molecule has 0 spiro atoms. The third-order valence-electron chi connectivity index (χ3n) is 6.09. The van der Waals surface area contributed by atoms with E-state index in [1.807, 2.05) is 42.5 Å². The average molecular weight is 483 g/mol. The molecule has 1 aromatic carbocycles. The fourth-order valence-electron chi connectivity index (χ4n) is 4.57. The molecule has 2 atom stereocenters. The van der Waals surface area contributed by atoms with Gasteiger partial charge in [0.2, 0.25) is 0 Å². The number of nitrogens with zero attached hydrogens (tertiary/aromatic N) is 3. The predicted molar refractivity (Wildman–Crippen MR) is 134 cm³/mol. The van der Waals surface area contributed by atoms with Crippen molar-refractivity contribution in [3.63, 3.8) is 0 Å². The van der Waals surface area contributed by atoms with Crippen LogP contribution >= 0.6 is 23.8 Å². The lowest BCUT2D eigenvalue weighted by atomic mass is 9.96. The maximum Gasteiger partial charge on any atom is 0.305 e. The van der Waals surface area contributed by atoms with E-state index >= 15 is 0 Å². The van der Waals surface area contributed by atoms with Crippen LogP contribution < -0.4 is 5.32 Å². The number of aromatic nitrogens is 2. The fourth-order valence-corrected chi connectivity index (χ4v) is 5.12. The first-order chi connectivity index (χ1) is 15.9. The van der Waals surface area contributed by atoms with Gasteiger partial charge < -0.3 is 19.5 Å². The molecule has 0 aliphatic carbocycles. The molecule has 1 aliphatic heterocycles. The Morgan fingerprint density at radius 1 is 1.21 bits per heavy atom. The largest absolute Gasteiger partial charge is 0.469 e. The summed E-state index contributed by atoms with van der Waals surface area (Å²) >= 11 is 12.3. The number of para-hydroxylation sites is 1. The first-order valence-corrected chi connectivity index (χ1v) is 11.7. The van der Waals surface area contributed by atoms with Gasteiger partial charge in [-0.1, -0.05) is 29.8 Å². The van der Waals surface area contributed by atoms with E-state index in [9.17, 15) is 4.79 Å². The van der Waals surface area contributed by atoms with Gasteiger partial charge >= 0.3 is 5.97 Å². The second kappa shape index (κ2) is 9.93. The zero-order chi connectivity index (χ0) is 23.5. The van der Waals surface area contributed by atoms with Gasteiger partial charge in [0.05, 0.1) is 35.6 Å². The molecule has 3 aromatic rings. The van der Waals surface area contributed by atoms with Crippen LogP contribution in [-0.4, -0.2) is 39.2 Å². The standard InChI is InChI=1S/C25H27ClN4O2S/c1-16-15-18(17(2)30(16)21-11-5-4-9-19(21)26)24-23(20-10-6-7-13-27-20)28-25(33)29(24)14-8-12-22(31)32-3/h4-7,9-11,13,15,23-24H,8,12,14H2,1-3H3,(H,28,33)/t23-,24-/m0/s1. The normalized spacial score (nSPS) is 17.8. The molecule has 0 bridgehead atoms. The van der Waals surface area contributed by atoms with Crippen LogP contribution in [-0.2, 0) is 9.53 Å². The minimum Gasteiger partial charge on any atom is -0.469 e. The molecule has 1 aliphatic rings. The molecule has 1 fully saturated rings. The molecule has 0 saturated carbocycles. The molecule has 172 valence electrons. The summed E-state index contributed by atoms with van der Waals surface area (Å²) in [6, 6.07) is 15.7. The minimum atomic E-state index is -0.220. The maximum absolute atomic E-state index is 11.7. The fraction of sp³-hybridized carbons (Fsp3) is 0.320. The van der Waals surface area contributed by atoms with E-state index in [-0.39, 0.29) is 18.1 Å². The number of esters is 1. The topological polar surface area (TPSA) is 59.4 Å². The quantitative estimate of drug-likeness (QED) is 0.375. The Morgan fingerprint density at radius 2 is 1.97 bits per heavy atom. The summed E-state index contributed by atoms with van der Waals surface area (Å²) in [5, 5.41) is 4.82. The highest BCUT2D eigenvalue weighted by Crippen LogP contribution is 2.41. The number of pyridine rings is 1. The Morgan fingerprint density at radius 3 is 2.67 bits per heavy atom. The van der Waals surface area contributed by atoms with Crippen LogP contribution in [0.2, 0.25) is 5.02 Å². The minimum absolute atomic E-state index is 0.0764. The molecule has 1 N–H and O–H groups in total. The van der Waals surface area contributed by atoms with E-state index in [1.54, 1.807) is 6.20 Å². The molecule has 8 heteroatoms. The van der Waals surface area contributed by atoms with Crippen molar-refractivity contribution >= 4 is 34.9 Å². The number of nitrogens with one attached hydrogen (secondary N) is 1. The van der Waals surface area contributed by atoms with Gasteiger partial charge in [-0.05, 0) is 68.4 Å². The lowest BCUT2D eigenvalue weighted by Gasteiger charge is -2.28. The van der Waals surface area contributed by atoms with Crippen molar-refractivity contribution in [1.82, 2.24) is 19.8 Å². The Labute approximate surface area is 204 Å². The number of carbonyl (C=O) groups is 1. The molecule has 3 heterocycles. The highest BCUT2D eigenvalue weighted by Gasteiger charge is 2.41. The molecule has 6 nitrogen and oxygen atoms in total. The van der Waals surface area contributed by atoms with E-state index in [0.29, 0.717) is 29.5 Å². The zero-order valence-electron chi connectivity index (χ0n) is 18.9. The summed E-state index contributed by atoms with van der Waals surface area (Å²) in [4.78, 5) is 18.5. The number of methoxy groups -OCH3 is 1. The van der Waals surface area contributed by atoms with E-state index in [1.165, 1.54) is 7.11 Å². The van der Waals surface area contributed by atoms with Crippen molar-refractivity contribution in [3.8, 4) is 5.69 Å². The van der Waals surface area contributed by atoms with E-state index in [0.717, 1.165) is 28.3 Å². The number of hydrogen-bond donors (Lipinski definition) is 1. The average Bonchev–Trinajstić information content (AvgIpc) is 3.30. The lowest BCUT2D eigenvalue weighted by Crippen LogP contribution is -2.31.